The highest BCUT2D eigenvalue weighted by Crippen LogP contribution is 2.38. The number of fused-ring (bicyclic) bond motifs is 1. The van der Waals surface area contributed by atoms with Crippen molar-refractivity contribution in [1.29, 1.82) is 0 Å². The molecule has 2 saturated heterocycles. The first-order chi connectivity index (χ1) is 12.3. The molecular weight excluding hydrogens is 375 g/mol. The highest BCUT2D eigenvalue weighted by atomic mass is 32.2. The summed E-state index contributed by atoms with van der Waals surface area (Å²) in [6.07, 6.45) is 1.36. The fourth-order valence-corrected chi connectivity index (χ4v) is 7.16. The van der Waals surface area contributed by atoms with Crippen LogP contribution in [0.1, 0.15) is 25.8 Å². The van der Waals surface area contributed by atoms with Crippen LogP contribution in [-0.2, 0) is 21.1 Å². The summed E-state index contributed by atoms with van der Waals surface area (Å²) in [5.41, 5.74) is 0.966. The van der Waals surface area contributed by atoms with Crippen molar-refractivity contribution in [3.8, 4) is 0 Å². The molecule has 0 spiro atoms. The van der Waals surface area contributed by atoms with Crippen molar-refractivity contribution in [3.63, 3.8) is 0 Å². The second-order valence-electron chi connectivity index (χ2n) is 6.91. The van der Waals surface area contributed by atoms with E-state index >= 15 is 0 Å². The Morgan fingerprint density at radius 2 is 2.04 bits per heavy atom. The summed E-state index contributed by atoms with van der Waals surface area (Å²) >= 11 is 1.40. The molecule has 2 aliphatic heterocycles. The smallest absolute Gasteiger partial charge is 0.250 e. The maximum Gasteiger partial charge on any atom is 0.250 e. The molecule has 1 aromatic carbocycles. The lowest BCUT2D eigenvalue weighted by Crippen LogP contribution is -2.39. The Morgan fingerprint density at radius 3 is 2.69 bits per heavy atom. The van der Waals surface area contributed by atoms with Crippen LogP contribution in [0.15, 0.2) is 29.3 Å². The molecule has 3 atom stereocenters. The average Bonchev–Trinajstić information content (AvgIpc) is 3.05. The van der Waals surface area contributed by atoms with Gasteiger partial charge in [-0.2, -0.15) is 4.99 Å². The van der Waals surface area contributed by atoms with Gasteiger partial charge in [-0.1, -0.05) is 37.7 Å². The van der Waals surface area contributed by atoms with Crippen molar-refractivity contribution in [2.45, 2.75) is 38.0 Å². The number of benzene rings is 1. The number of hydrogen-bond donors (Lipinski definition) is 0. The van der Waals surface area contributed by atoms with Crippen molar-refractivity contribution in [1.82, 2.24) is 4.90 Å². The van der Waals surface area contributed by atoms with Gasteiger partial charge in [0.25, 0.3) is 5.91 Å². The number of amides is 1. The van der Waals surface area contributed by atoms with Crippen LogP contribution < -0.4 is 0 Å². The third-order valence-electron chi connectivity index (χ3n) is 4.97. The van der Waals surface area contributed by atoms with Gasteiger partial charge in [-0.3, -0.25) is 4.79 Å². The predicted molar refractivity (Wildman–Crippen MR) is 103 cm³/mol. The van der Waals surface area contributed by atoms with Gasteiger partial charge in [0.1, 0.15) is 5.82 Å². The van der Waals surface area contributed by atoms with Crippen LogP contribution in [0.4, 0.5) is 4.39 Å². The van der Waals surface area contributed by atoms with Gasteiger partial charge in [-0.25, -0.2) is 12.8 Å². The van der Waals surface area contributed by atoms with Crippen LogP contribution in [0.2, 0.25) is 0 Å². The quantitative estimate of drug-likeness (QED) is 0.762. The number of carbonyl (C=O) groups excluding carboxylic acids is 1. The van der Waals surface area contributed by atoms with Crippen LogP contribution >= 0.6 is 11.8 Å². The first-order valence-electron chi connectivity index (χ1n) is 8.79. The number of amidine groups is 1. The Balaban J connectivity index is 1.79. The molecule has 1 amide bonds. The van der Waals surface area contributed by atoms with Crippen LogP contribution in [0, 0.1) is 11.7 Å². The van der Waals surface area contributed by atoms with Crippen LogP contribution in [0.3, 0.4) is 0 Å². The Morgan fingerprint density at radius 1 is 1.35 bits per heavy atom. The first kappa shape index (κ1) is 19.4. The second kappa shape index (κ2) is 7.68. The zero-order valence-electron chi connectivity index (χ0n) is 14.9. The van der Waals surface area contributed by atoms with Crippen molar-refractivity contribution >= 4 is 32.7 Å². The predicted octanol–water partition coefficient (Wildman–Crippen LogP) is 2.51. The number of sulfone groups is 1. The Hall–Kier alpha value is -1.41. The third kappa shape index (κ3) is 4.28. The van der Waals surface area contributed by atoms with E-state index in [0.717, 1.165) is 12.0 Å². The summed E-state index contributed by atoms with van der Waals surface area (Å²) in [4.78, 5) is 18.5. The van der Waals surface area contributed by atoms with Crippen LogP contribution in [0.5, 0.6) is 0 Å². The number of nitrogens with zero attached hydrogens (tertiary/aromatic N) is 2. The zero-order chi connectivity index (χ0) is 18.9. The summed E-state index contributed by atoms with van der Waals surface area (Å²) < 4.78 is 37.1. The van der Waals surface area contributed by atoms with Gasteiger partial charge in [0.2, 0.25) is 0 Å². The topological polar surface area (TPSA) is 66.8 Å². The van der Waals surface area contributed by atoms with Gasteiger partial charge in [0.15, 0.2) is 15.0 Å². The lowest BCUT2D eigenvalue weighted by Gasteiger charge is -2.24. The normalized spacial score (nSPS) is 26.9. The van der Waals surface area contributed by atoms with E-state index in [2.05, 4.69) is 4.99 Å². The molecule has 142 valence electrons. The number of halogens is 1. The number of thioether (sulfide) groups is 1. The highest BCUT2D eigenvalue weighted by Gasteiger charge is 2.48. The fourth-order valence-electron chi connectivity index (χ4n) is 3.18. The van der Waals surface area contributed by atoms with Gasteiger partial charge >= 0.3 is 0 Å². The van der Waals surface area contributed by atoms with E-state index in [-0.39, 0.29) is 40.4 Å². The first-order valence-corrected chi connectivity index (χ1v) is 11.5. The molecule has 0 aromatic heterocycles. The minimum absolute atomic E-state index is 0.0725. The lowest BCUT2D eigenvalue weighted by molar-refractivity contribution is -0.121. The summed E-state index contributed by atoms with van der Waals surface area (Å²) in [7, 11) is -3.05. The number of rotatable bonds is 5. The van der Waals surface area contributed by atoms with Crippen molar-refractivity contribution in [3.05, 3.63) is 35.6 Å². The van der Waals surface area contributed by atoms with E-state index < -0.39 is 9.84 Å². The minimum atomic E-state index is -3.05. The third-order valence-corrected chi connectivity index (χ3v) is 8.22. The molecule has 26 heavy (non-hydrogen) atoms. The molecule has 2 heterocycles. The van der Waals surface area contributed by atoms with Crippen LogP contribution in [0.25, 0.3) is 0 Å². The summed E-state index contributed by atoms with van der Waals surface area (Å²) in [5.74, 6) is -0.360. The molecule has 0 aliphatic carbocycles. The standard InChI is InChI=1S/C18H23FN2O3S2/c1-3-12(2)17(22)20-18-21(9-8-13-4-6-14(19)7-5-13)15-10-26(23,24)11-16(15)25-18/h4-7,12,15-16H,3,8-11H2,1-2H3/t12-,15+,16+/m1/s1. The largest absolute Gasteiger partial charge is 0.346 e. The number of hydrogen-bond acceptors (Lipinski definition) is 4. The van der Waals surface area contributed by atoms with E-state index in [1.807, 2.05) is 18.7 Å². The molecule has 3 rings (SSSR count). The summed E-state index contributed by atoms with van der Waals surface area (Å²) in [6, 6.07) is 6.14. The van der Waals surface area contributed by atoms with Gasteiger partial charge < -0.3 is 4.90 Å². The molecule has 1 aromatic rings. The monoisotopic (exact) mass is 398 g/mol. The Bertz CT molecular complexity index is 808. The minimum Gasteiger partial charge on any atom is -0.346 e. The van der Waals surface area contributed by atoms with Gasteiger partial charge in [0.05, 0.1) is 17.5 Å². The molecule has 0 N–H and O–H groups in total. The van der Waals surface area contributed by atoms with Crippen LogP contribution in [-0.4, -0.2) is 53.7 Å². The van der Waals surface area contributed by atoms with Crippen molar-refractivity contribution < 1.29 is 17.6 Å². The van der Waals surface area contributed by atoms with E-state index in [1.165, 1.54) is 23.9 Å². The molecule has 8 heteroatoms. The molecule has 2 fully saturated rings. The Kier molecular flexibility index (Phi) is 5.72. The Labute approximate surface area is 158 Å². The maximum atomic E-state index is 13.1. The van der Waals surface area contributed by atoms with Crippen molar-refractivity contribution in [2.24, 2.45) is 10.9 Å². The maximum absolute atomic E-state index is 13.1. The van der Waals surface area contributed by atoms with Gasteiger partial charge in [0, 0.05) is 17.7 Å². The van der Waals surface area contributed by atoms with E-state index in [9.17, 15) is 17.6 Å². The molecule has 5 nitrogen and oxygen atoms in total. The highest BCUT2D eigenvalue weighted by molar-refractivity contribution is 8.15. The molecular formula is C18H23FN2O3S2. The van der Waals surface area contributed by atoms with E-state index in [1.54, 1.807) is 12.1 Å². The summed E-state index contributed by atoms with van der Waals surface area (Å²) in [5, 5.41) is 0.555. The van der Waals surface area contributed by atoms with E-state index in [4.69, 9.17) is 0 Å². The van der Waals surface area contributed by atoms with Crippen molar-refractivity contribution in [2.75, 3.05) is 18.1 Å². The van der Waals surface area contributed by atoms with E-state index in [0.29, 0.717) is 18.1 Å². The molecule has 0 unspecified atom stereocenters. The SMILES string of the molecule is CC[C@@H](C)C(=O)N=C1S[C@H]2CS(=O)(=O)C[C@@H]2N1CCc1ccc(F)cc1. The molecule has 0 bridgehead atoms. The second-order valence-corrected chi connectivity index (χ2v) is 10.3. The fraction of sp³-hybridized carbons (Fsp3) is 0.556. The lowest BCUT2D eigenvalue weighted by atomic mass is 10.1. The summed E-state index contributed by atoms with van der Waals surface area (Å²) in [6.45, 7) is 4.35. The van der Waals surface area contributed by atoms with Gasteiger partial charge in [-0.15, -0.1) is 0 Å². The number of carbonyl (C=O) groups is 1. The molecule has 2 aliphatic rings. The average molecular weight is 399 g/mol. The number of aliphatic imine (C=N–C) groups is 1. The molecule has 0 radical (unpaired) electrons. The molecule has 0 saturated carbocycles. The van der Waals surface area contributed by atoms with Gasteiger partial charge in [-0.05, 0) is 30.5 Å². The zero-order valence-corrected chi connectivity index (χ0v) is 16.5.